The van der Waals surface area contributed by atoms with Crippen molar-refractivity contribution in [3.05, 3.63) is 30.3 Å². The monoisotopic (exact) mass is 223 g/mol. The van der Waals surface area contributed by atoms with Crippen LogP contribution in [-0.4, -0.2) is 34.4 Å². The van der Waals surface area contributed by atoms with Crippen LogP contribution in [0.3, 0.4) is 0 Å². The third-order valence-electron chi connectivity index (χ3n) is 2.58. The van der Waals surface area contributed by atoms with Crippen LogP contribution in [0.2, 0.25) is 0 Å². The molecule has 4 heteroatoms. The zero-order chi connectivity index (χ0) is 10.7. The highest BCUT2D eigenvalue weighted by molar-refractivity contribution is 7.99. The first-order chi connectivity index (χ1) is 7.27. The Hall–Kier alpha value is -1.16. The first kappa shape index (κ1) is 10.4. The predicted molar refractivity (Wildman–Crippen MR) is 60.3 cm³/mol. The molecule has 1 saturated heterocycles. The van der Waals surface area contributed by atoms with Gasteiger partial charge in [0.2, 0.25) is 0 Å². The minimum atomic E-state index is -0.792. The maximum absolute atomic E-state index is 10.7. The number of amides is 1. The molecular formula is C11H13NO2S. The van der Waals surface area contributed by atoms with Crippen molar-refractivity contribution in [2.75, 3.05) is 12.3 Å². The number of hydrogen-bond donors (Lipinski definition) is 1. The molecule has 15 heavy (non-hydrogen) atoms. The Morgan fingerprint density at radius 3 is 2.73 bits per heavy atom. The summed E-state index contributed by atoms with van der Waals surface area (Å²) in [7, 11) is 0. The van der Waals surface area contributed by atoms with Gasteiger partial charge in [0.25, 0.3) is 0 Å². The Balaban J connectivity index is 1.82. The Kier molecular flexibility index (Phi) is 3.16. The molecule has 80 valence electrons. The molecule has 1 amide bonds. The van der Waals surface area contributed by atoms with E-state index in [4.69, 9.17) is 5.11 Å². The van der Waals surface area contributed by atoms with Crippen LogP contribution >= 0.6 is 11.8 Å². The summed E-state index contributed by atoms with van der Waals surface area (Å²) in [4.78, 5) is 13.4. The molecule has 0 aliphatic carbocycles. The lowest BCUT2D eigenvalue weighted by Crippen LogP contribution is -2.51. The fourth-order valence-corrected chi connectivity index (χ4v) is 2.66. The van der Waals surface area contributed by atoms with E-state index in [0.717, 1.165) is 12.2 Å². The topological polar surface area (TPSA) is 40.5 Å². The molecule has 2 rings (SSSR count). The minimum absolute atomic E-state index is 0.202. The number of hydrogen-bond acceptors (Lipinski definition) is 2. The van der Waals surface area contributed by atoms with Crippen LogP contribution in [0.25, 0.3) is 0 Å². The Labute approximate surface area is 93.1 Å². The summed E-state index contributed by atoms with van der Waals surface area (Å²) in [6, 6.07) is 10.3. The van der Waals surface area contributed by atoms with Gasteiger partial charge in [0.1, 0.15) is 0 Å². The van der Waals surface area contributed by atoms with Crippen molar-refractivity contribution in [2.24, 2.45) is 0 Å². The summed E-state index contributed by atoms with van der Waals surface area (Å²) in [6.45, 7) is 0.690. The van der Waals surface area contributed by atoms with E-state index in [1.54, 1.807) is 11.8 Å². The van der Waals surface area contributed by atoms with Crippen LogP contribution in [0.1, 0.15) is 6.42 Å². The SMILES string of the molecule is O=C(O)N1CC[C@@H]1CSc1ccccc1. The summed E-state index contributed by atoms with van der Waals surface area (Å²) in [6.07, 6.45) is 0.200. The molecule has 1 atom stereocenters. The molecule has 1 aromatic rings. The highest BCUT2D eigenvalue weighted by atomic mass is 32.2. The second-order valence-corrected chi connectivity index (χ2v) is 4.64. The van der Waals surface area contributed by atoms with Crippen LogP contribution in [-0.2, 0) is 0 Å². The third kappa shape index (κ3) is 2.45. The van der Waals surface area contributed by atoms with Gasteiger partial charge in [-0.25, -0.2) is 4.79 Å². The number of carboxylic acid groups (broad SMARTS) is 1. The number of likely N-dealkylation sites (tertiary alicyclic amines) is 1. The van der Waals surface area contributed by atoms with Gasteiger partial charge in [-0.05, 0) is 18.6 Å². The van der Waals surface area contributed by atoms with Crippen LogP contribution in [0.5, 0.6) is 0 Å². The number of nitrogens with zero attached hydrogens (tertiary/aromatic N) is 1. The van der Waals surface area contributed by atoms with E-state index >= 15 is 0 Å². The molecule has 0 aromatic heterocycles. The van der Waals surface area contributed by atoms with Crippen LogP contribution in [0.15, 0.2) is 35.2 Å². The smallest absolute Gasteiger partial charge is 0.407 e. The second kappa shape index (κ2) is 4.57. The maximum Gasteiger partial charge on any atom is 0.407 e. The molecule has 0 saturated carbocycles. The maximum atomic E-state index is 10.7. The quantitative estimate of drug-likeness (QED) is 0.800. The van der Waals surface area contributed by atoms with E-state index in [-0.39, 0.29) is 6.04 Å². The summed E-state index contributed by atoms with van der Waals surface area (Å²) in [5, 5.41) is 8.82. The van der Waals surface area contributed by atoms with Gasteiger partial charge in [-0.15, -0.1) is 11.8 Å². The Bertz CT molecular complexity index is 342. The molecule has 0 unspecified atom stereocenters. The van der Waals surface area contributed by atoms with Gasteiger partial charge in [0, 0.05) is 23.2 Å². The van der Waals surface area contributed by atoms with E-state index < -0.39 is 6.09 Å². The van der Waals surface area contributed by atoms with Gasteiger partial charge in [-0.1, -0.05) is 18.2 Å². The zero-order valence-electron chi connectivity index (χ0n) is 8.30. The molecule has 1 heterocycles. The van der Waals surface area contributed by atoms with Gasteiger partial charge in [-0.3, -0.25) is 0 Å². The van der Waals surface area contributed by atoms with E-state index in [1.807, 2.05) is 18.2 Å². The lowest BCUT2D eigenvalue weighted by atomic mass is 10.1. The van der Waals surface area contributed by atoms with Crippen molar-refractivity contribution in [3.8, 4) is 0 Å². The summed E-state index contributed by atoms with van der Waals surface area (Å²) in [5.74, 6) is 0.857. The first-order valence-corrected chi connectivity index (χ1v) is 5.93. The average Bonchev–Trinajstić information content (AvgIpc) is 2.17. The largest absolute Gasteiger partial charge is 0.465 e. The Morgan fingerprint density at radius 2 is 2.20 bits per heavy atom. The molecule has 1 aromatic carbocycles. The van der Waals surface area contributed by atoms with Gasteiger partial charge < -0.3 is 10.0 Å². The predicted octanol–water partition coefficient (Wildman–Crippen LogP) is 2.53. The van der Waals surface area contributed by atoms with E-state index in [2.05, 4.69) is 12.1 Å². The molecule has 1 N–H and O–H groups in total. The summed E-state index contributed by atoms with van der Waals surface area (Å²) < 4.78 is 0. The highest BCUT2D eigenvalue weighted by Crippen LogP contribution is 2.25. The second-order valence-electron chi connectivity index (χ2n) is 3.54. The zero-order valence-corrected chi connectivity index (χ0v) is 9.11. The first-order valence-electron chi connectivity index (χ1n) is 4.95. The van der Waals surface area contributed by atoms with Gasteiger partial charge >= 0.3 is 6.09 Å². The fraction of sp³-hybridized carbons (Fsp3) is 0.364. The van der Waals surface area contributed by atoms with Crippen LogP contribution in [0, 0.1) is 0 Å². The van der Waals surface area contributed by atoms with Crippen molar-refractivity contribution in [2.45, 2.75) is 17.4 Å². The Morgan fingerprint density at radius 1 is 1.47 bits per heavy atom. The summed E-state index contributed by atoms with van der Waals surface area (Å²) in [5.41, 5.74) is 0. The van der Waals surface area contributed by atoms with E-state index in [1.165, 1.54) is 9.80 Å². The standard InChI is InChI=1S/C11H13NO2S/c13-11(14)12-7-6-9(12)8-15-10-4-2-1-3-5-10/h1-5,9H,6-8H2,(H,13,14)/t9-/m1/s1. The number of thioether (sulfide) groups is 1. The number of carbonyl (C=O) groups is 1. The van der Waals surface area contributed by atoms with Crippen molar-refractivity contribution in [3.63, 3.8) is 0 Å². The van der Waals surface area contributed by atoms with Gasteiger partial charge in [0.05, 0.1) is 0 Å². The lowest BCUT2D eigenvalue weighted by molar-refractivity contribution is 0.0854. The van der Waals surface area contributed by atoms with E-state index in [0.29, 0.717) is 6.54 Å². The molecule has 1 aliphatic heterocycles. The van der Waals surface area contributed by atoms with Crippen molar-refractivity contribution in [1.82, 2.24) is 4.90 Å². The van der Waals surface area contributed by atoms with Crippen LogP contribution in [0.4, 0.5) is 4.79 Å². The molecule has 0 radical (unpaired) electrons. The average molecular weight is 223 g/mol. The molecule has 3 nitrogen and oxygen atoms in total. The molecular weight excluding hydrogens is 210 g/mol. The molecule has 0 spiro atoms. The molecule has 1 aliphatic rings. The minimum Gasteiger partial charge on any atom is -0.465 e. The van der Waals surface area contributed by atoms with Gasteiger partial charge in [-0.2, -0.15) is 0 Å². The fourth-order valence-electron chi connectivity index (χ4n) is 1.58. The normalized spacial score (nSPS) is 19.7. The molecule has 0 bridgehead atoms. The third-order valence-corrected chi connectivity index (χ3v) is 3.73. The van der Waals surface area contributed by atoms with Gasteiger partial charge in [0.15, 0.2) is 0 Å². The van der Waals surface area contributed by atoms with Crippen molar-refractivity contribution in [1.29, 1.82) is 0 Å². The number of rotatable bonds is 3. The molecule has 1 fully saturated rings. The van der Waals surface area contributed by atoms with Crippen molar-refractivity contribution >= 4 is 17.9 Å². The van der Waals surface area contributed by atoms with Crippen molar-refractivity contribution < 1.29 is 9.90 Å². The summed E-state index contributed by atoms with van der Waals surface area (Å²) >= 11 is 1.72. The van der Waals surface area contributed by atoms with Crippen LogP contribution < -0.4 is 0 Å². The number of benzene rings is 1. The van der Waals surface area contributed by atoms with E-state index in [9.17, 15) is 4.79 Å². The lowest BCUT2D eigenvalue weighted by Gasteiger charge is -2.38. The highest BCUT2D eigenvalue weighted by Gasteiger charge is 2.31.